The van der Waals surface area contributed by atoms with Crippen molar-refractivity contribution in [3.8, 4) is 0 Å². The number of carbonyl (C=O) groups excluding carboxylic acids is 1. The van der Waals surface area contributed by atoms with Crippen LogP contribution in [-0.4, -0.2) is 19.5 Å². The summed E-state index contributed by atoms with van der Waals surface area (Å²) in [4.78, 5) is 19.8. The minimum atomic E-state index is -0.185. The monoisotopic (exact) mass is 144 g/mol. The van der Waals surface area contributed by atoms with Crippen LogP contribution in [0.15, 0.2) is 0 Å². The molecule has 0 heterocycles. The van der Waals surface area contributed by atoms with Crippen LogP contribution in [0.1, 0.15) is 19.8 Å². The summed E-state index contributed by atoms with van der Waals surface area (Å²) in [7, 11) is 0. The van der Waals surface area contributed by atoms with Gasteiger partial charge in [0.15, 0.2) is 0 Å². The molecule has 3 heteroatoms. The highest BCUT2D eigenvalue weighted by Gasteiger charge is 2.43. The average molecular weight is 144 g/mol. The van der Waals surface area contributed by atoms with E-state index in [4.69, 9.17) is 4.89 Å². The van der Waals surface area contributed by atoms with Gasteiger partial charge in [-0.05, 0) is 19.8 Å². The second kappa shape index (κ2) is 3.12. The van der Waals surface area contributed by atoms with Crippen molar-refractivity contribution in [1.29, 1.82) is 0 Å². The Labute approximate surface area is 60.2 Å². The Morgan fingerprint density at radius 3 is 2.60 bits per heavy atom. The van der Waals surface area contributed by atoms with Crippen LogP contribution in [0.25, 0.3) is 0 Å². The highest BCUT2D eigenvalue weighted by molar-refractivity contribution is 5.63. The van der Waals surface area contributed by atoms with Gasteiger partial charge in [0.05, 0.1) is 18.6 Å². The molecule has 0 radical (unpaired) electrons. The van der Waals surface area contributed by atoms with Gasteiger partial charge in [-0.1, -0.05) is 0 Å². The number of rotatable bonds is 5. The van der Waals surface area contributed by atoms with Crippen LogP contribution >= 0.6 is 0 Å². The Balaban J connectivity index is 2.07. The van der Waals surface area contributed by atoms with E-state index < -0.39 is 0 Å². The fourth-order valence-corrected chi connectivity index (χ4v) is 0.699. The minimum Gasteiger partial charge on any atom is -0.303 e. The van der Waals surface area contributed by atoms with Gasteiger partial charge in [-0.2, -0.15) is 0 Å². The Morgan fingerprint density at radius 1 is 1.50 bits per heavy atom. The molecule has 0 spiro atoms. The Kier molecular flexibility index (Phi) is 2.40. The molecule has 0 atom stereocenters. The van der Waals surface area contributed by atoms with Crippen LogP contribution in [0.5, 0.6) is 0 Å². The maximum atomic E-state index is 10.3. The summed E-state index contributed by atoms with van der Waals surface area (Å²) in [5.41, 5.74) is -0.185. The minimum absolute atomic E-state index is 0.185. The van der Waals surface area contributed by atoms with E-state index in [-0.39, 0.29) is 5.41 Å². The van der Waals surface area contributed by atoms with Crippen LogP contribution in [0, 0.1) is 5.41 Å². The molecule has 0 saturated heterocycles. The summed E-state index contributed by atoms with van der Waals surface area (Å²) >= 11 is 0. The second-order valence-corrected chi connectivity index (χ2v) is 2.65. The van der Waals surface area contributed by atoms with E-state index in [0.29, 0.717) is 13.2 Å². The second-order valence-electron chi connectivity index (χ2n) is 2.65. The number of hydrogen-bond acceptors (Lipinski definition) is 3. The summed E-state index contributed by atoms with van der Waals surface area (Å²) in [5.74, 6) is 0. The molecular weight excluding hydrogens is 132 g/mol. The van der Waals surface area contributed by atoms with E-state index in [1.54, 1.807) is 0 Å². The molecule has 10 heavy (non-hydrogen) atoms. The van der Waals surface area contributed by atoms with Crippen LogP contribution < -0.4 is 0 Å². The maximum absolute atomic E-state index is 10.3. The lowest BCUT2D eigenvalue weighted by Crippen LogP contribution is -2.11. The molecule has 1 fully saturated rings. The third-order valence-corrected chi connectivity index (χ3v) is 1.69. The van der Waals surface area contributed by atoms with Crippen LogP contribution in [0.3, 0.4) is 0 Å². The van der Waals surface area contributed by atoms with Crippen molar-refractivity contribution >= 4 is 6.29 Å². The predicted octanol–water partition coefficient (Wildman–Crippen LogP) is 0.934. The summed E-state index contributed by atoms with van der Waals surface area (Å²) in [6, 6.07) is 0. The van der Waals surface area contributed by atoms with Gasteiger partial charge in [-0.25, -0.2) is 9.78 Å². The van der Waals surface area contributed by atoms with E-state index in [0.717, 1.165) is 19.1 Å². The van der Waals surface area contributed by atoms with Crippen LogP contribution in [0.4, 0.5) is 0 Å². The normalized spacial score (nSPS) is 20.5. The van der Waals surface area contributed by atoms with E-state index in [1.165, 1.54) is 0 Å². The summed E-state index contributed by atoms with van der Waals surface area (Å²) in [6.07, 6.45) is 2.86. The van der Waals surface area contributed by atoms with Crippen molar-refractivity contribution in [2.24, 2.45) is 5.41 Å². The smallest absolute Gasteiger partial charge is 0.128 e. The number of hydrogen-bond donors (Lipinski definition) is 0. The molecule has 1 aliphatic carbocycles. The van der Waals surface area contributed by atoms with Gasteiger partial charge in [0.2, 0.25) is 0 Å². The summed E-state index contributed by atoms with van der Waals surface area (Å²) in [6.45, 7) is 2.81. The molecule has 0 amide bonds. The zero-order valence-electron chi connectivity index (χ0n) is 6.13. The summed E-state index contributed by atoms with van der Waals surface area (Å²) < 4.78 is 0. The molecule has 3 nitrogen and oxygen atoms in total. The van der Waals surface area contributed by atoms with Crippen molar-refractivity contribution in [3.05, 3.63) is 0 Å². The van der Waals surface area contributed by atoms with Gasteiger partial charge < -0.3 is 4.79 Å². The van der Waals surface area contributed by atoms with E-state index >= 15 is 0 Å². The zero-order chi connectivity index (χ0) is 7.45. The first-order valence-corrected chi connectivity index (χ1v) is 3.54. The fraction of sp³-hybridized carbons (Fsp3) is 0.857. The first kappa shape index (κ1) is 7.69. The lowest BCUT2D eigenvalue weighted by atomic mass is 10.2. The SMILES string of the molecule is CCOOCC1(C=O)CC1. The fourth-order valence-electron chi connectivity index (χ4n) is 0.699. The van der Waals surface area contributed by atoms with E-state index in [9.17, 15) is 4.79 Å². The Bertz CT molecular complexity index is 118. The first-order chi connectivity index (χ1) is 4.83. The standard InChI is InChI=1S/C7H12O3/c1-2-9-10-6-7(5-8)3-4-7/h5H,2-4,6H2,1H3. The molecule has 0 bridgehead atoms. The largest absolute Gasteiger partial charge is 0.303 e. The zero-order valence-corrected chi connectivity index (χ0v) is 6.13. The summed E-state index contributed by atoms with van der Waals surface area (Å²) in [5, 5.41) is 0. The molecule has 0 unspecified atom stereocenters. The van der Waals surface area contributed by atoms with Crippen LogP contribution in [-0.2, 0) is 14.6 Å². The van der Waals surface area contributed by atoms with Crippen molar-refractivity contribution in [2.75, 3.05) is 13.2 Å². The molecule has 58 valence electrons. The number of aldehydes is 1. The van der Waals surface area contributed by atoms with Crippen molar-refractivity contribution in [3.63, 3.8) is 0 Å². The van der Waals surface area contributed by atoms with Gasteiger partial charge in [0, 0.05) is 0 Å². The van der Waals surface area contributed by atoms with Gasteiger partial charge in [0.1, 0.15) is 6.29 Å². The predicted molar refractivity (Wildman–Crippen MR) is 35.3 cm³/mol. The highest BCUT2D eigenvalue weighted by atomic mass is 17.2. The molecule has 0 aliphatic heterocycles. The van der Waals surface area contributed by atoms with Gasteiger partial charge in [0.25, 0.3) is 0 Å². The van der Waals surface area contributed by atoms with Gasteiger partial charge in [-0.15, -0.1) is 0 Å². The quantitative estimate of drug-likeness (QED) is 0.249. The topological polar surface area (TPSA) is 35.5 Å². The third-order valence-electron chi connectivity index (χ3n) is 1.69. The van der Waals surface area contributed by atoms with Gasteiger partial charge >= 0.3 is 0 Å². The molecule has 1 aliphatic rings. The van der Waals surface area contributed by atoms with E-state index in [2.05, 4.69) is 4.89 Å². The average Bonchev–Trinajstić information content (AvgIpc) is 2.70. The Hall–Kier alpha value is -0.410. The highest BCUT2D eigenvalue weighted by Crippen LogP contribution is 2.43. The third kappa shape index (κ3) is 1.78. The molecule has 0 N–H and O–H groups in total. The van der Waals surface area contributed by atoms with E-state index in [1.807, 2.05) is 6.92 Å². The van der Waals surface area contributed by atoms with Crippen molar-refractivity contribution < 1.29 is 14.6 Å². The molecule has 0 aromatic carbocycles. The molecular formula is C7H12O3. The molecule has 1 rings (SSSR count). The van der Waals surface area contributed by atoms with Gasteiger partial charge in [-0.3, -0.25) is 0 Å². The van der Waals surface area contributed by atoms with Crippen molar-refractivity contribution in [2.45, 2.75) is 19.8 Å². The van der Waals surface area contributed by atoms with Crippen LogP contribution in [0.2, 0.25) is 0 Å². The molecule has 0 aromatic rings. The molecule has 0 aromatic heterocycles. The Morgan fingerprint density at radius 2 is 2.20 bits per heavy atom. The maximum Gasteiger partial charge on any atom is 0.128 e. The molecule has 1 saturated carbocycles. The number of carbonyl (C=O) groups is 1. The lowest BCUT2D eigenvalue weighted by Gasteiger charge is -2.04. The lowest BCUT2D eigenvalue weighted by molar-refractivity contribution is -0.297. The first-order valence-electron chi connectivity index (χ1n) is 3.54. The van der Waals surface area contributed by atoms with Crippen molar-refractivity contribution in [1.82, 2.24) is 0 Å².